The highest BCUT2D eigenvalue weighted by molar-refractivity contribution is 8.18. The van der Waals surface area contributed by atoms with Crippen LogP contribution < -0.4 is 4.90 Å². The maximum atomic E-state index is 12.7. The zero-order chi connectivity index (χ0) is 20.2. The van der Waals surface area contributed by atoms with Crippen molar-refractivity contribution in [1.29, 1.82) is 0 Å². The van der Waals surface area contributed by atoms with Crippen LogP contribution in [0.2, 0.25) is 0 Å². The topological polar surface area (TPSA) is 83.3 Å². The molecule has 3 amide bonds. The summed E-state index contributed by atoms with van der Waals surface area (Å²) in [5, 5.41) is -0.429. The van der Waals surface area contributed by atoms with Crippen LogP contribution in [-0.2, 0) is 14.3 Å². The van der Waals surface area contributed by atoms with E-state index < -0.39 is 11.1 Å². The van der Waals surface area contributed by atoms with E-state index in [-0.39, 0.29) is 17.4 Å². The second kappa shape index (κ2) is 9.04. The monoisotopic (exact) mass is 419 g/mol. The molecule has 0 unspecified atom stereocenters. The third kappa shape index (κ3) is 4.67. The minimum atomic E-state index is -0.450. The third-order valence-electron chi connectivity index (χ3n) is 5.33. The molecular formula is C20H25N3O5S. The first-order valence-electron chi connectivity index (χ1n) is 10.1. The molecule has 0 spiro atoms. The quantitative estimate of drug-likeness (QED) is 0.694. The molecule has 0 aromatic carbocycles. The van der Waals surface area contributed by atoms with Crippen LogP contribution in [-0.4, -0.2) is 72.8 Å². The number of carbonyl (C=O) groups excluding carboxylic acids is 3. The molecule has 0 radical (unpaired) electrons. The van der Waals surface area contributed by atoms with E-state index in [1.165, 1.54) is 12.8 Å². The molecule has 0 saturated carbocycles. The third-order valence-corrected chi connectivity index (χ3v) is 6.24. The van der Waals surface area contributed by atoms with Crippen LogP contribution >= 0.6 is 11.8 Å². The fourth-order valence-electron chi connectivity index (χ4n) is 3.69. The van der Waals surface area contributed by atoms with E-state index in [9.17, 15) is 14.4 Å². The van der Waals surface area contributed by atoms with Gasteiger partial charge in [-0.15, -0.1) is 0 Å². The fourth-order valence-corrected chi connectivity index (χ4v) is 4.51. The lowest BCUT2D eigenvalue weighted by atomic mass is 10.2. The number of morpholine rings is 1. The number of imide groups is 1. The number of furan rings is 1. The molecule has 9 heteroatoms. The zero-order valence-corrected chi connectivity index (χ0v) is 17.1. The molecule has 4 rings (SSSR count). The van der Waals surface area contributed by atoms with Crippen molar-refractivity contribution in [3.63, 3.8) is 0 Å². The lowest BCUT2D eigenvalue weighted by molar-refractivity contribution is -0.139. The summed E-state index contributed by atoms with van der Waals surface area (Å²) in [5.41, 5.74) is 0. The van der Waals surface area contributed by atoms with Gasteiger partial charge in [-0.25, -0.2) is 0 Å². The summed E-state index contributed by atoms with van der Waals surface area (Å²) in [5.74, 6) is 0.641. The van der Waals surface area contributed by atoms with Gasteiger partial charge in [0, 0.05) is 38.3 Å². The Hall–Kier alpha value is -2.26. The van der Waals surface area contributed by atoms with Crippen molar-refractivity contribution in [1.82, 2.24) is 9.80 Å². The maximum Gasteiger partial charge on any atom is 0.294 e. The Labute approximate surface area is 173 Å². The largest absolute Gasteiger partial charge is 0.441 e. The van der Waals surface area contributed by atoms with Gasteiger partial charge in [-0.05, 0) is 30.7 Å². The number of nitrogens with zero attached hydrogens (tertiary/aromatic N) is 3. The molecule has 0 aliphatic carbocycles. The predicted octanol–water partition coefficient (Wildman–Crippen LogP) is 2.56. The molecule has 1 aromatic heterocycles. The minimum Gasteiger partial charge on any atom is -0.441 e. The first kappa shape index (κ1) is 20.0. The van der Waals surface area contributed by atoms with Gasteiger partial charge in [0.05, 0.1) is 18.1 Å². The number of carbonyl (C=O) groups is 3. The molecule has 0 atom stereocenters. The molecule has 8 nitrogen and oxygen atoms in total. The Morgan fingerprint density at radius 1 is 1.03 bits per heavy atom. The van der Waals surface area contributed by atoms with E-state index in [2.05, 4.69) is 4.90 Å². The zero-order valence-electron chi connectivity index (χ0n) is 16.3. The Bertz CT molecular complexity index is 807. The average molecular weight is 420 g/mol. The summed E-state index contributed by atoms with van der Waals surface area (Å²) in [6.45, 7) is 3.61. The first-order chi connectivity index (χ1) is 14.1. The number of thioether (sulfide) groups is 1. The summed E-state index contributed by atoms with van der Waals surface area (Å²) in [6.07, 6.45) is 6.35. The Morgan fingerprint density at radius 3 is 2.48 bits per heavy atom. The Kier molecular flexibility index (Phi) is 6.25. The molecule has 3 fully saturated rings. The van der Waals surface area contributed by atoms with Crippen LogP contribution in [0.25, 0.3) is 6.08 Å². The smallest absolute Gasteiger partial charge is 0.294 e. The van der Waals surface area contributed by atoms with Gasteiger partial charge in [0.1, 0.15) is 12.3 Å². The molecule has 29 heavy (non-hydrogen) atoms. The van der Waals surface area contributed by atoms with Crippen molar-refractivity contribution in [3.8, 4) is 0 Å². The first-order valence-corrected chi connectivity index (χ1v) is 10.9. The Morgan fingerprint density at radius 2 is 1.76 bits per heavy atom. The fraction of sp³-hybridized carbons (Fsp3) is 0.550. The van der Waals surface area contributed by atoms with Crippen molar-refractivity contribution in [3.05, 3.63) is 22.8 Å². The van der Waals surface area contributed by atoms with Crippen LogP contribution in [0.4, 0.5) is 10.7 Å². The van der Waals surface area contributed by atoms with Crippen molar-refractivity contribution >= 4 is 40.8 Å². The molecule has 3 aliphatic rings. The average Bonchev–Trinajstić information content (AvgIpc) is 3.16. The highest BCUT2D eigenvalue weighted by atomic mass is 32.2. The highest BCUT2D eigenvalue weighted by Crippen LogP contribution is 2.33. The van der Waals surface area contributed by atoms with Crippen molar-refractivity contribution in [2.24, 2.45) is 0 Å². The standard InChI is InChI=1S/C20H25N3O5S/c24-17(21-9-11-27-12-10-21)14-23-19(25)16(29-20(23)26)13-15-5-6-18(28-15)22-7-3-1-2-4-8-22/h5-6,13H,1-4,7-12,14H2/b16-13+. The minimum absolute atomic E-state index is 0.237. The van der Waals surface area contributed by atoms with E-state index >= 15 is 0 Å². The van der Waals surface area contributed by atoms with E-state index in [0.29, 0.717) is 32.1 Å². The molecular weight excluding hydrogens is 394 g/mol. The van der Waals surface area contributed by atoms with E-state index in [1.54, 1.807) is 11.0 Å². The number of rotatable bonds is 4. The number of amides is 3. The van der Waals surface area contributed by atoms with Crippen molar-refractivity contribution in [2.75, 3.05) is 50.8 Å². The van der Waals surface area contributed by atoms with Gasteiger partial charge in [-0.1, -0.05) is 12.8 Å². The summed E-state index contributed by atoms with van der Waals surface area (Å²) in [7, 11) is 0. The van der Waals surface area contributed by atoms with E-state index in [4.69, 9.17) is 9.15 Å². The van der Waals surface area contributed by atoms with E-state index in [0.717, 1.165) is 48.5 Å². The predicted molar refractivity (Wildman–Crippen MR) is 109 cm³/mol. The van der Waals surface area contributed by atoms with Crippen molar-refractivity contribution < 1.29 is 23.5 Å². The number of hydrogen-bond acceptors (Lipinski definition) is 7. The lowest BCUT2D eigenvalue weighted by Gasteiger charge is -2.27. The normalized spacial score (nSPS) is 22.5. The summed E-state index contributed by atoms with van der Waals surface area (Å²) < 4.78 is 11.1. The van der Waals surface area contributed by atoms with Gasteiger partial charge in [-0.3, -0.25) is 19.3 Å². The Balaban J connectivity index is 1.41. The van der Waals surface area contributed by atoms with Gasteiger partial charge in [0.2, 0.25) is 5.91 Å². The van der Waals surface area contributed by atoms with Gasteiger partial charge < -0.3 is 19.0 Å². The number of hydrogen-bond donors (Lipinski definition) is 0. The van der Waals surface area contributed by atoms with E-state index in [1.807, 2.05) is 12.1 Å². The second-order valence-electron chi connectivity index (χ2n) is 7.34. The molecule has 1 aromatic rings. The van der Waals surface area contributed by atoms with Crippen LogP contribution in [0.5, 0.6) is 0 Å². The molecule has 4 heterocycles. The summed E-state index contributed by atoms with van der Waals surface area (Å²) in [4.78, 5) is 42.5. The van der Waals surface area contributed by atoms with Gasteiger partial charge >= 0.3 is 0 Å². The summed E-state index contributed by atoms with van der Waals surface area (Å²) in [6, 6.07) is 3.72. The molecule has 3 aliphatic heterocycles. The maximum absolute atomic E-state index is 12.7. The highest BCUT2D eigenvalue weighted by Gasteiger charge is 2.37. The molecule has 0 N–H and O–H groups in total. The van der Waals surface area contributed by atoms with Crippen LogP contribution in [0.1, 0.15) is 31.4 Å². The second-order valence-corrected chi connectivity index (χ2v) is 8.33. The lowest BCUT2D eigenvalue weighted by Crippen LogP contribution is -2.46. The van der Waals surface area contributed by atoms with Crippen LogP contribution in [0.3, 0.4) is 0 Å². The van der Waals surface area contributed by atoms with Gasteiger partial charge in [-0.2, -0.15) is 0 Å². The van der Waals surface area contributed by atoms with Gasteiger partial charge in [0.15, 0.2) is 5.88 Å². The SMILES string of the molecule is O=C(CN1C(=O)S/C(=C/c2ccc(N3CCCCCC3)o2)C1=O)N1CCOCC1. The van der Waals surface area contributed by atoms with Gasteiger partial charge in [0.25, 0.3) is 11.1 Å². The molecule has 156 valence electrons. The van der Waals surface area contributed by atoms with Crippen LogP contribution in [0.15, 0.2) is 21.5 Å². The number of ether oxygens (including phenoxy) is 1. The van der Waals surface area contributed by atoms with Crippen LogP contribution in [0, 0.1) is 0 Å². The number of anilines is 1. The summed E-state index contributed by atoms with van der Waals surface area (Å²) >= 11 is 0.843. The van der Waals surface area contributed by atoms with Crippen molar-refractivity contribution in [2.45, 2.75) is 25.7 Å². The molecule has 0 bridgehead atoms. The molecule has 3 saturated heterocycles.